The molecule has 0 unspecified atom stereocenters. The summed E-state index contributed by atoms with van der Waals surface area (Å²) in [6.07, 6.45) is -2.72. The first kappa shape index (κ1) is 31.4. The maximum atomic E-state index is 13.6. The number of nitrogens with one attached hydrogen (secondary N) is 3. The van der Waals surface area contributed by atoms with E-state index in [0.29, 0.717) is 54.6 Å². The van der Waals surface area contributed by atoms with Crippen LogP contribution in [0.3, 0.4) is 0 Å². The van der Waals surface area contributed by atoms with E-state index in [2.05, 4.69) is 31.3 Å². The Morgan fingerprint density at radius 2 is 1.86 bits per heavy atom. The van der Waals surface area contributed by atoms with Gasteiger partial charge in [0.05, 0.1) is 18.4 Å². The van der Waals surface area contributed by atoms with E-state index in [1.165, 1.54) is 16.0 Å². The summed E-state index contributed by atoms with van der Waals surface area (Å²) in [7, 11) is 0. The van der Waals surface area contributed by atoms with Crippen molar-refractivity contribution < 1.29 is 42.6 Å². The number of amidine groups is 1. The Hall–Kier alpha value is -4.58. The summed E-state index contributed by atoms with van der Waals surface area (Å²) in [6, 6.07) is 7.19. The lowest BCUT2D eigenvalue weighted by molar-refractivity contribution is -0.192. The molecule has 2 aliphatic rings. The van der Waals surface area contributed by atoms with Gasteiger partial charge in [0.15, 0.2) is 0 Å². The highest BCUT2D eigenvalue weighted by molar-refractivity contribution is 7.23. The van der Waals surface area contributed by atoms with E-state index in [9.17, 15) is 27.6 Å². The summed E-state index contributed by atoms with van der Waals surface area (Å²) in [6.45, 7) is 3.02. The molecule has 1 fully saturated rings. The largest absolute Gasteiger partial charge is 0.490 e. The molecular weight excluding hydrogens is 597 g/mol. The summed E-state index contributed by atoms with van der Waals surface area (Å²) in [5.74, 6) is -2.65. The van der Waals surface area contributed by atoms with E-state index < -0.39 is 17.7 Å². The van der Waals surface area contributed by atoms with Crippen molar-refractivity contribution in [3.8, 4) is 0 Å². The van der Waals surface area contributed by atoms with Crippen LogP contribution in [0.4, 0.5) is 23.0 Å². The molecule has 43 heavy (non-hydrogen) atoms. The fraction of sp³-hybridized carbons (Fsp3) is 0.400. The number of carboxylic acid groups (broad SMARTS) is 1. The minimum absolute atomic E-state index is 0.184. The molecular formula is C25H27F3N8O6S. The van der Waals surface area contributed by atoms with Crippen molar-refractivity contribution in [3.05, 3.63) is 41.7 Å². The van der Waals surface area contributed by atoms with E-state index >= 15 is 0 Å². The normalized spacial score (nSPS) is 15.9. The molecule has 0 bridgehead atoms. The quantitative estimate of drug-likeness (QED) is 0.275. The van der Waals surface area contributed by atoms with Crippen LogP contribution >= 0.6 is 11.3 Å². The third kappa shape index (κ3) is 7.08. The van der Waals surface area contributed by atoms with Gasteiger partial charge in [0.1, 0.15) is 28.6 Å². The first-order valence-corrected chi connectivity index (χ1v) is 13.7. The molecule has 1 saturated heterocycles. The molecule has 2 aliphatic heterocycles. The van der Waals surface area contributed by atoms with Gasteiger partial charge in [-0.2, -0.15) is 13.2 Å². The second-order valence-electron chi connectivity index (χ2n) is 9.49. The molecule has 0 saturated carbocycles. The maximum absolute atomic E-state index is 13.6. The van der Waals surface area contributed by atoms with Gasteiger partial charge in [0.2, 0.25) is 0 Å². The second-order valence-corrected chi connectivity index (χ2v) is 10.5. The van der Waals surface area contributed by atoms with E-state index in [1.807, 2.05) is 31.2 Å². The Kier molecular flexibility index (Phi) is 9.29. The molecule has 1 aromatic carbocycles. The van der Waals surface area contributed by atoms with Crippen molar-refractivity contribution in [2.24, 2.45) is 4.99 Å². The number of rotatable bonds is 6. The van der Waals surface area contributed by atoms with Gasteiger partial charge in [0, 0.05) is 29.7 Å². The van der Waals surface area contributed by atoms with Crippen LogP contribution in [0, 0.1) is 0 Å². The fourth-order valence-electron chi connectivity index (χ4n) is 4.53. The second kappa shape index (κ2) is 12.7. The van der Waals surface area contributed by atoms with Crippen molar-refractivity contribution in [2.45, 2.75) is 44.6 Å². The number of hydrogen-bond donors (Lipinski definition) is 5. The van der Waals surface area contributed by atoms with Crippen LogP contribution in [0.1, 0.15) is 35.8 Å². The molecule has 4 amide bonds. The highest BCUT2D eigenvalue weighted by atomic mass is 32.1. The first-order valence-electron chi connectivity index (χ1n) is 12.9. The topological polar surface area (TPSA) is 191 Å². The molecule has 5 rings (SSSR count). The number of halogens is 3. The molecule has 230 valence electrons. The number of likely N-dealkylation sites (tertiary alicyclic amines) is 1. The summed E-state index contributed by atoms with van der Waals surface area (Å²) in [4.78, 5) is 54.0. The lowest BCUT2D eigenvalue weighted by Crippen LogP contribution is -2.50. The summed E-state index contributed by atoms with van der Waals surface area (Å²) < 4.78 is 34.1. The third-order valence-electron chi connectivity index (χ3n) is 6.58. The predicted molar refractivity (Wildman–Crippen MR) is 148 cm³/mol. The number of benzene rings is 1. The van der Waals surface area contributed by atoms with Crippen molar-refractivity contribution in [1.82, 2.24) is 30.5 Å². The number of piperidine rings is 1. The number of carbonyl (C=O) groups excluding carboxylic acids is 3. The van der Waals surface area contributed by atoms with Crippen molar-refractivity contribution in [3.63, 3.8) is 0 Å². The minimum Gasteiger partial charge on any atom is -0.475 e. The van der Waals surface area contributed by atoms with Gasteiger partial charge < -0.3 is 25.7 Å². The SMILES string of the molecule is CCNC(=O)Nc1sc2ccccc2c1C(=O)N1CCC2(CC1)N=C(Cn1cc(CO)nn1)NC2=O.O=C(O)C(F)(F)F. The van der Waals surface area contributed by atoms with Crippen LogP contribution in [0.2, 0.25) is 0 Å². The highest BCUT2D eigenvalue weighted by Crippen LogP contribution is 2.38. The van der Waals surface area contributed by atoms with Crippen LogP contribution < -0.4 is 16.0 Å². The zero-order valence-electron chi connectivity index (χ0n) is 22.6. The zero-order valence-corrected chi connectivity index (χ0v) is 23.5. The molecule has 14 nitrogen and oxygen atoms in total. The number of alkyl halides is 3. The summed E-state index contributed by atoms with van der Waals surface area (Å²) >= 11 is 1.36. The number of fused-ring (bicyclic) bond motifs is 1. The highest BCUT2D eigenvalue weighted by Gasteiger charge is 2.46. The number of carbonyl (C=O) groups is 4. The van der Waals surface area contributed by atoms with Crippen molar-refractivity contribution in [2.75, 3.05) is 25.0 Å². The predicted octanol–water partition coefficient (Wildman–Crippen LogP) is 1.96. The molecule has 1 spiro atoms. The van der Waals surface area contributed by atoms with Crippen molar-refractivity contribution in [1.29, 1.82) is 0 Å². The first-order chi connectivity index (χ1) is 20.4. The smallest absolute Gasteiger partial charge is 0.475 e. The molecule has 0 aliphatic carbocycles. The van der Waals surface area contributed by atoms with Crippen LogP contribution in [-0.2, 0) is 22.7 Å². The number of aliphatic imine (C=N–C) groups is 1. The number of urea groups is 1. The van der Waals surface area contributed by atoms with Gasteiger partial charge in [0.25, 0.3) is 11.8 Å². The van der Waals surface area contributed by atoms with Gasteiger partial charge in [-0.05, 0) is 25.8 Å². The van der Waals surface area contributed by atoms with E-state index in [-0.39, 0.29) is 31.0 Å². The van der Waals surface area contributed by atoms with Gasteiger partial charge >= 0.3 is 18.2 Å². The van der Waals surface area contributed by atoms with Crippen LogP contribution in [0.25, 0.3) is 10.1 Å². The van der Waals surface area contributed by atoms with E-state index in [1.54, 1.807) is 11.1 Å². The Bertz CT molecular complexity index is 1560. The van der Waals surface area contributed by atoms with Gasteiger partial charge in [-0.15, -0.1) is 16.4 Å². The molecule has 0 atom stereocenters. The van der Waals surface area contributed by atoms with Crippen LogP contribution in [0.5, 0.6) is 0 Å². The summed E-state index contributed by atoms with van der Waals surface area (Å²) in [5, 5.41) is 33.7. The fourth-order valence-corrected chi connectivity index (χ4v) is 5.62. The Balaban J connectivity index is 0.000000541. The molecule has 18 heteroatoms. The average molecular weight is 625 g/mol. The van der Waals surface area contributed by atoms with E-state index in [4.69, 9.17) is 15.0 Å². The molecule has 0 radical (unpaired) electrons. The van der Waals surface area contributed by atoms with Gasteiger partial charge in [-0.1, -0.05) is 23.4 Å². The number of aromatic nitrogens is 3. The Morgan fingerprint density at radius 1 is 1.19 bits per heavy atom. The van der Waals surface area contributed by atoms with Gasteiger partial charge in [-0.3, -0.25) is 19.9 Å². The van der Waals surface area contributed by atoms with Crippen LogP contribution in [-0.4, -0.2) is 91.1 Å². The lowest BCUT2D eigenvalue weighted by Gasteiger charge is -2.35. The molecule has 3 aromatic rings. The van der Waals surface area contributed by atoms with Gasteiger partial charge in [-0.25, -0.2) is 14.3 Å². The Morgan fingerprint density at radius 3 is 2.47 bits per heavy atom. The number of hydrogen-bond acceptors (Lipinski definition) is 9. The number of anilines is 1. The number of amides is 4. The standard InChI is InChI=1S/C23H26N8O4S.C2HF3O2/c1-2-24-22(35)26-19-18(15-5-3-4-6-16(15)36-19)20(33)30-9-7-23(8-10-30)21(34)25-17(27-23)12-31-11-14(13-32)28-29-31;3-2(4,5)1(6)7/h3-6,11,32H,2,7-10,12-13H2,1H3,(H2,24,26,35)(H,25,27,34);(H,6,7). The summed E-state index contributed by atoms with van der Waals surface area (Å²) in [5.41, 5.74) is -0.0297. The molecule has 5 N–H and O–H groups in total. The van der Waals surface area contributed by atoms with Crippen LogP contribution in [0.15, 0.2) is 35.5 Å². The maximum Gasteiger partial charge on any atom is 0.490 e. The number of carboxylic acids is 1. The monoisotopic (exact) mass is 624 g/mol. The van der Waals surface area contributed by atoms with Crippen molar-refractivity contribution >= 4 is 56.1 Å². The zero-order chi connectivity index (χ0) is 31.4. The average Bonchev–Trinajstić information content (AvgIpc) is 3.64. The minimum atomic E-state index is -5.08. The lowest BCUT2D eigenvalue weighted by atomic mass is 9.87. The molecule has 4 heterocycles. The number of thiophene rings is 1. The Labute approximate surface area is 245 Å². The molecule has 2 aromatic heterocycles. The third-order valence-corrected chi connectivity index (χ3v) is 7.67. The van der Waals surface area contributed by atoms with E-state index in [0.717, 1.165) is 10.1 Å². The number of aliphatic carboxylic acids is 1. The number of aliphatic hydroxyl groups is 1. The number of nitrogens with zero attached hydrogens (tertiary/aromatic N) is 5. The number of aliphatic hydroxyl groups excluding tert-OH is 1.